The normalized spacial score (nSPS) is 19.0. The van der Waals surface area contributed by atoms with Crippen LogP contribution in [0.5, 0.6) is 11.5 Å². The van der Waals surface area contributed by atoms with Crippen molar-refractivity contribution in [1.82, 2.24) is 0 Å². The van der Waals surface area contributed by atoms with E-state index in [1.165, 1.54) is 7.11 Å². The number of hydrogen-bond donors (Lipinski definition) is 2. The van der Waals surface area contributed by atoms with Crippen LogP contribution in [0.25, 0.3) is 0 Å². The van der Waals surface area contributed by atoms with Gasteiger partial charge in [0.15, 0.2) is 17.3 Å². The molecule has 4 rings (SSSR count). The quantitative estimate of drug-likeness (QED) is 0.671. The number of Topliss-reactive ketones (excluding diaryl/α,β-unsaturated/α-hetero) is 1. The second kappa shape index (κ2) is 8.22. The molecule has 2 aromatic rings. The second-order valence-electron chi connectivity index (χ2n) is 8.90. The van der Waals surface area contributed by atoms with Crippen molar-refractivity contribution in [1.29, 1.82) is 0 Å². The number of allylic oxidation sites excluding steroid dienone is 1. The lowest BCUT2D eigenvalue weighted by atomic mass is 9.73. The van der Waals surface area contributed by atoms with Gasteiger partial charge in [-0.25, -0.2) is 4.79 Å². The summed E-state index contributed by atoms with van der Waals surface area (Å²) in [5.41, 5.74) is 4.23. The van der Waals surface area contributed by atoms with Gasteiger partial charge in [-0.05, 0) is 47.7 Å². The molecule has 2 aromatic carbocycles. The fraction of sp³-hybridized carbons (Fsp3) is 0.360. The predicted molar refractivity (Wildman–Crippen MR) is 122 cm³/mol. The van der Waals surface area contributed by atoms with Gasteiger partial charge in [0.25, 0.3) is 0 Å². The third-order valence-electron chi connectivity index (χ3n) is 5.98. The minimum absolute atomic E-state index is 0.0945. The zero-order valence-corrected chi connectivity index (χ0v) is 19.0. The number of carbonyl (C=O) groups excluding carboxylic acids is 2. The Morgan fingerprint density at radius 2 is 1.72 bits per heavy atom. The molecular weight excluding hydrogens is 408 g/mol. The summed E-state index contributed by atoms with van der Waals surface area (Å²) < 4.78 is 15.8. The highest BCUT2D eigenvalue weighted by Crippen LogP contribution is 2.46. The van der Waals surface area contributed by atoms with Gasteiger partial charge in [0.1, 0.15) is 0 Å². The average Bonchev–Trinajstić information content (AvgIpc) is 2.93. The number of rotatable bonds is 4. The van der Waals surface area contributed by atoms with Crippen molar-refractivity contribution in [3.05, 3.63) is 58.8 Å². The van der Waals surface area contributed by atoms with Gasteiger partial charge in [0.05, 0.1) is 44.3 Å². The molecule has 32 heavy (non-hydrogen) atoms. The maximum Gasteiger partial charge on any atom is 0.337 e. The van der Waals surface area contributed by atoms with Crippen molar-refractivity contribution < 1.29 is 23.8 Å². The molecule has 0 amide bonds. The van der Waals surface area contributed by atoms with E-state index in [0.717, 1.165) is 22.6 Å². The number of ether oxygens (including phenoxy) is 3. The second-order valence-corrected chi connectivity index (χ2v) is 8.90. The number of benzene rings is 2. The van der Waals surface area contributed by atoms with Gasteiger partial charge in [-0.1, -0.05) is 19.9 Å². The Balaban J connectivity index is 1.87. The Labute approximate surface area is 187 Å². The van der Waals surface area contributed by atoms with Gasteiger partial charge in [-0.2, -0.15) is 0 Å². The molecule has 0 radical (unpaired) electrons. The molecule has 2 N–H and O–H groups in total. The van der Waals surface area contributed by atoms with E-state index in [1.54, 1.807) is 26.4 Å². The van der Waals surface area contributed by atoms with Crippen molar-refractivity contribution in [3.8, 4) is 11.5 Å². The van der Waals surface area contributed by atoms with Gasteiger partial charge in [-0.3, -0.25) is 4.79 Å². The van der Waals surface area contributed by atoms with Crippen molar-refractivity contribution in [2.45, 2.75) is 32.7 Å². The molecule has 7 nitrogen and oxygen atoms in total. The highest BCUT2D eigenvalue weighted by molar-refractivity contribution is 6.01. The molecule has 0 spiro atoms. The van der Waals surface area contributed by atoms with Crippen molar-refractivity contribution in [2.24, 2.45) is 5.41 Å². The fourth-order valence-corrected chi connectivity index (χ4v) is 4.47. The SMILES string of the molecule is COC(=O)c1ccc2c(c1)NC1=C(C(=O)CC(C)(C)C1)C(c1ccc(OC)c(OC)c1)N2. The number of esters is 1. The zero-order chi connectivity index (χ0) is 23.0. The Bertz CT molecular complexity index is 1120. The number of ketones is 1. The molecule has 7 heteroatoms. The Morgan fingerprint density at radius 1 is 0.969 bits per heavy atom. The molecule has 1 aliphatic heterocycles. The Morgan fingerprint density at radius 3 is 2.41 bits per heavy atom. The van der Waals surface area contributed by atoms with Crippen LogP contribution in [-0.4, -0.2) is 33.1 Å². The fourth-order valence-electron chi connectivity index (χ4n) is 4.47. The van der Waals surface area contributed by atoms with Crippen LogP contribution in [0.2, 0.25) is 0 Å². The number of hydrogen-bond acceptors (Lipinski definition) is 7. The monoisotopic (exact) mass is 436 g/mol. The van der Waals surface area contributed by atoms with E-state index >= 15 is 0 Å². The van der Waals surface area contributed by atoms with Crippen LogP contribution in [-0.2, 0) is 9.53 Å². The van der Waals surface area contributed by atoms with E-state index < -0.39 is 5.97 Å². The zero-order valence-electron chi connectivity index (χ0n) is 19.0. The summed E-state index contributed by atoms with van der Waals surface area (Å²) in [6.07, 6.45) is 1.17. The summed E-state index contributed by atoms with van der Waals surface area (Å²) >= 11 is 0. The smallest absolute Gasteiger partial charge is 0.337 e. The Kier molecular flexibility index (Phi) is 5.59. The van der Waals surface area contributed by atoms with E-state index in [0.29, 0.717) is 35.5 Å². The number of nitrogens with one attached hydrogen (secondary N) is 2. The highest BCUT2D eigenvalue weighted by atomic mass is 16.5. The van der Waals surface area contributed by atoms with Gasteiger partial charge >= 0.3 is 5.97 Å². The molecule has 0 bridgehead atoms. The summed E-state index contributed by atoms with van der Waals surface area (Å²) in [4.78, 5) is 25.4. The minimum atomic E-state index is -0.412. The van der Waals surface area contributed by atoms with Gasteiger partial charge in [0, 0.05) is 17.7 Å². The molecule has 0 fully saturated rings. The van der Waals surface area contributed by atoms with E-state index in [2.05, 4.69) is 24.5 Å². The molecule has 1 atom stereocenters. The third kappa shape index (κ3) is 3.90. The molecule has 168 valence electrons. The van der Waals surface area contributed by atoms with Crippen LogP contribution < -0.4 is 20.1 Å². The van der Waals surface area contributed by atoms with Crippen LogP contribution in [0, 0.1) is 5.41 Å². The van der Waals surface area contributed by atoms with E-state index in [1.807, 2.05) is 24.3 Å². The molecule has 1 aliphatic carbocycles. The molecule has 0 saturated heterocycles. The average molecular weight is 437 g/mol. The molecular formula is C25H28N2O5. The number of fused-ring (bicyclic) bond motifs is 1. The van der Waals surface area contributed by atoms with E-state index in [4.69, 9.17) is 14.2 Å². The standard InChI is InChI=1S/C25H28N2O5/c1-25(2)12-18-22(19(28)13-25)23(14-7-9-20(30-3)21(11-14)31-4)27-16-8-6-15(24(29)32-5)10-17(16)26-18/h6-11,23,26-27H,12-13H2,1-5H3. The van der Waals surface area contributed by atoms with Gasteiger partial charge < -0.3 is 24.8 Å². The molecule has 0 aromatic heterocycles. The summed E-state index contributed by atoms with van der Waals surface area (Å²) in [6.45, 7) is 4.18. The lowest BCUT2D eigenvalue weighted by Gasteiger charge is -2.34. The number of methoxy groups -OCH3 is 3. The first-order chi connectivity index (χ1) is 15.3. The van der Waals surface area contributed by atoms with Crippen LogP contribution in [0.3, 0.4) is 0 Å². The minimum Gasteiger partial charge on any atom is -0.493 e. The molecule has 1 unspecified atom stereocenters. The number of carbonyl (C=O) groups is 2. The van der Waals surface area contributed by atoms with Gasteiger partial charge in [-0.15, -0.1) is 0 Å². The maximum absolute atomic E-state index is 13.4. The summed E-state index contributed by atoms with van der Waals surface area (Å²) in [6, 6.07) is 10.6. The maximum atomic E-state index is 13.4. The first kappa shape index (κ1) is 21.7. The summed E-state index contributed by atoms with van der Waals surface area (Å²) in [7, 11) is 4.54. The largest absolute Gasteiger partial charge is 0.493 e. The molecule has 2 aliphatic rings. The van der Waals surface area contributed by atoms with Crippen molar-refractivity contribution >= 4 is 23.1 Å². The van der Waals surface area contributed by atoms with Crippen LogP contribution in [0.4, 0.5) is 11.4 Å². The van der Waals surface area contributed by atoms with E-state index in [9.17, 15) is 9.59 Å². The Hall–Kier alpha value is -3.48. The summed E-state index contributed by atoms with van der Waals surface area (Å²) in [5.74, 6) is 0.897. The van der Waals surface area contributed by atoms with Crippen LogP contribution in [0.15, 0.2) is 47.7 Å². The van der Waals surface area contributed by atoms with Crippen molar-refractivity contribution in [3.63, 3.8) is 0 Å². The molecule has 1 heterocycles. The first-order valence-electron chi connectivity index (χ1n) is 10.5. The van der Waals surface area contributed by atoms with Gasteiger partial charge in [0.2, 0.25) is 0 Å². The van der Waals surface area contributed by atoms with E-state index in [-0.39, 0.29) is 17.2 Å². The topological polar surface area (TPSA) is 85.9 Å². The van der Waals surface area contributed by atoms with Crippen molar-refractivity contribution in [2.75, 3.05) is 32.0 Å². The lowest BCUT2D eigenvalue weighted by Crippen LogP contribution is -2.31. The number of anilines is 2. The lowest BCUT2D eigenvalue weighted by molar-refractivity contribution is -0.118. The first-order valence-corrected chi connectivity index (χ1v) is 10.5. The van der Waals surface area contributed by atoms with Crippen LogP contribution >= 0.6 is 0 Å². The molecule has 0 saturated carbocycles. The third-order valence-corrected chi connectivity index (χ3v) is 5.98. The van der Waals surface area contributed by atoms with Crippen LogP contribution in [0.1, 0.15) is 48.7 Å². The predicted octanol–water partition coefficient (Wildman–Crippen LogP) is 4.71. The summed E-state index contributed by atoms with van der Waals surface area (Å²) in [5, 5.41) is 6.97. The highest BCUT2D eigenvalue weighted by Gasteiger charge is 2.39.